The number of hydrogen-bond donors (Lipinski definition) is 2. The molecule has 0 aliphatic heterocycles. The van der Waals surface area contributed by atoms with Crippen LogP contribution in [0.15, 0.2) is 0 Å². The third-order valence-electron chi connectivity index (χ3n) is 0.348. The van der Waals surface area contributed by atoms with Crippen molar-refractivity contribution in [3.8, 4) is 0 Å². The van der Waals surface area contributed by atoms with Gasteiger partial charge in [-0.3, -0.25) is 0 Å². The Morgan fingerprint density at radius 1 is 1.67 bits per heavy atom. The molecule has 4 N–H and O–H groups in total. The molecule has 6 heteroatoms. The van der Waals surface area contributed by atoms with E-state index in [1.165, 1.54) is 0 Å². The van der Waals surface area contributed by atoms with Gasteiger partial charge < -0.3 is 0 Å². The van der Waals surface area contributed by atoms with Gasteiger partial charge in [-0.15, -0.1) is 4.48 Å². The first-order valence-corrected chi connectivity index (χ1v) is 3.10. The summed E-state index contributed by atoms with van der Waals surface area (Å²) in [5.74, 6) is 3.00. The summed E-state index contributed by atoms with van der Waals surface area (Å²) in [6, 6.07) is -0.398. The number of rotatable bonds is 2. The van der Waals surface area contributed by atoms with Crippen LogP contribution in [0.1, 0.15) is 0 Å². The van der Waals surface area contributed by atoms with E-state index in [9.17, 15) is 4.79 Å². The van der Waals surface area contributed by atoms with E-state index in [2.05, 4.69) is 22.0 Å². The van der Waals surface area contributed by atoms with Crippen LogP contribution in [0.3, 0.4) is 0 Å². The molecule has 1 atom stereocenters. The van der Waals surface area contributed by atoms with Crippen LogP contribution in [0.2, 0.25) is 5.32 Å². The van der Waals surface area contributed by atoms with Gasteiger partial charge in [-0.1, -0.05) is 0 Å². The van der Waals surface area contributed by atoms with Crippen LogP contribution in [-0.4, -0.2) is 28.3 Å². The molecule has 0 radical (unpaired) electrons. The van der Waals surface area contributed by atoms with Gasteiger partial charge in [-0.25, -0.2) is 0 Å². The van der Waals surface area contributed by atoms with Crippen molar-refractivity contribution >= 4 is 22.3 Å². The van der Waals surface area contributed by atoms with E-state index < -0.39 is 6.04 Å². The summed E-state index contributed by atoms with van der Waals surface area (Å²) in [6.07, 6.45) is 1.63. The molecule has 3 nitrogen and oxygen atoms in total. The van der Waals surface area contributed by atoms with Crippen LogP contribution in [0, 0.1) is 0 Å². The summed E-state index contributed by atoms with van der Waals surface area (Å²) in [7, 11) is 0. The Morgan fingerprint density at radius 2 is 2.00 bits per heavy atom. The summed E-state index contributed by atoms with van der Waals surface area (Å²) in [5, 5.41) is 0.622. The molecular formula is C3H8FKN2OSe. The maximum Gasteiger partial charge on any atom is 1.00 e. The van der Waals surface area contributed by atoms with E-state index in [-0.39, 0.29) is 51.4 Å². The molecule has 0 aliphatic rings. The molecule has 0 unspecified atom stereocenters. The molecular weight excluding hydrogens is 217 g/mol. The molecule has 0 heterocycles. The fourth-order valence-corrected chi connectivity index (χ4v) is 0.194. The van der Waals surface area contributed by atoms with Crippen LogP contribution < -0.4 is 63.1 Å². The first kappa shape index (κ1) is 17.0. The summed E-state index contributed by atoms with van der Waals surface area (Å²) >= 11 is 2.22. The van der Waals surface area contributed by atoms with Crippen LogP contribution in [0.5, 0.6) is 0 Å². The van der Waals surface area contributed by atoms with E-state index >= 15 is 0 Å². The Kier molecular flexibility index (Phi) is 30.8. The van der Waals surface area contributed by atoms with Crippen molar-refractivity contribution in [1.82, 2.24) is 0 Å². The third kappa shape index (κ3) is 17.7. The van der Waals surface area contributed by atoms with Gasteiger partial charge in [-0.05, 0) is 0 Å². The molecule has 0 aliphatic carbocycles. The molecule has 0 aromatic rings. The third-order valence-corrected chi connectivity index (χ3v) is 1.17. The number of nitrogens with two attached hydrogens (primary N) is 2. The molecule has 0 aromatic heterocycles. The van der Waals surface area contributed by atoms with Gasteiger partial charge in [0.25, 0.3) is 0 Å². The zero-order valence-electron chi connectivity index (χ0n) is 5.17. The van der Waals surface area contributed by atoms with E-state index in [4.69, 9.17) is 10.2 Å². The normalized spacial score (nSPS) is 9.78. The van der Waals surface area contributed by atoms with E-state index in [0.717, 1.165) is 0 Å². The number of carbonyl (C=O) groups excluding carboxylic acids is 1. The molecule has 0 spiro atoms. The quantitative estimate of drug-likeness (QED) is 0.283. The van der Waals surface area contributed by atoms with Crippen molar-refractivity contribution in [3.05, 3.63) is 0 Å². The van der Waals surface area contributed by atoms with E-state index in [1.54, 1.807) is 6.29 Å². The zero-order valence-corrected chi connectivity index (χ0v) is 10.2. The summed E-state index contributed by atoms with van der Waals surface area (Å²) in [6.45, 7) is 0. The van der Waals surface area contributed by atoms with Crippen LogP contribution in [0.4, 0.5) is 4.48 Å². The average Bonchev–Trinajstić information content (AvgIpc) is 1.91. The van der Waals surface area contributed by atoms with Gasteiger partial charge in [0.1, 0.15) is 0 Å². The minimum absolute atomic E-state index is 0. The standard InChI is InChI=1S/C3H6NOSe.FH2N.K/c4-3(1-5)2-6;1-2;/h3,6H,2,4H2;2H2;/q-1;;+1/t3-;;/m1../s1. The zero-order chi connectivity index (χ0) is 6.99. The van der Waals surface area contributed by atoms with Crippen molar-refractivity contribution in [3.63, 3.8) is 0 Å². The van der Waals surface area contributed by atoms with Crippen LogP contribution >= 0.6 is 0 Å². The Bertz CT molecular complexity index is 59.1. The van der Waals surface area contributed by atoms with Crippen molar-refractivity contribution in [1.29, 1.82) is 0 Å². The molecule has 0 bridgehead atoms. The Labute approximate surface area is 104 Å². The Balaban J connectivity index is -0.000000109. The van der Waals surface area contributed by atoms with Gasteiger partial charge in [0, 0.05) is 0 Å². The second-order valence-corrected chi connectivity index (χ2v) is 1.67. The predicted octanol–water partition coefficient (Wildman–Crippen LogP) is -4.42. The number of halogens is 1. The van der Waals surface area contributed by atoms with Gasteiger partial charge in [0.2, 0.25) is 0 Å². The smallest absolute Gasteiger partial charge is 1.00 e. The molecule has 0 rings (SSSR count). The minimum atomic E-state index is -0.398. The van der Waals surface area contributed by atoms with Gasteiger partial charge in [0.15, 0.2) is 0 Å². The molecule has 9 heavy (non-hydrogen) atoms. The molecule has 0 fully saturated rings. The van der Waals surface area contributed by atoms with Crippen molar-refractivity contribution in [2.75, 3.05) is 0 Å². The average molecular weight is 225 g/mol. The van der Waals surface area contributed by atoms with Crippen LogP contribution in [0.25, 0.3) is 0 Å². The van der Waals surface area contributed by atoms with Gasteiger partial charge >= 0.3 is 95.6 Å². The summed E-state index contributed by atoms with van der Waals surface area (Å²) < 4.78 is 9.00. The van der Waals surface area contributed by atoms with Gasteiger partial charge in [0.05, 0.1) is 0 Å². The maximum absolute atomic E-state index is 9.48. The number of hydrogen-bond acceptors (Lipinski definition) is 3. The van der Waals surface area contributed by atoms with E-state index in [0.29, 0.717) is 5.32 Å². The SMILES string of the molecule is NF.N[C@H]([C-]=O)C[SeH].[K+]. The first-order chi connectivity index (χ1) is 3.81. The fourth-order valence-electron chi connectivity index (χ4n) is 0.0373. The summed E-state index contributed by atoms with van der Waals surface area (Å²) in [5.41, 5.74) is 5.03. The van der Waals surface area contributed by atoms with Crippen LogP contribution in [-0.2, 0) is 4.79 Å². The maximum atomic E-state index is 9.48. The van der Waals surface area contributed by atoms with Crippen molar-refractivity contribution in [2.24, 2.45) is 11.7 Å². The fraction of sp³-hybridized carbons (Fsp3) is 0.667. The van der Waals surface area contributed by atoms with Crippen molar-refractivity contribution < 1.29 is 60.7 Å². The molecule has 50 valence electrons. The second-order valence-electron chi connectivity index (χ2n) is 0.907. The molecule has 0 aromatic carbocycles. The predicted molar refractivity (Wildman–Crippen MR) is 30.9 cm³/mol. The molecule has 0 saturated carbocycles. The van der Waals surface area contributed by atoms with Gasteiger partial charge in [-0.2, -0.15) is 5.96 Å². The Morgan fingerprint density at radius 3 is 2.00 bits per heavy atom. The molecule has 0 amide bonds. The largest absolute Gasteiger partial charge is 1.00 e. The minimum Gasteiger partial charge on any atom is 1.00 e. The monoisotopic (exact) mass is 226 g/mol. The summed E-state index contributed by atoms with van der Waals surface area (Å²) in [4.78, 5) is 9.48. The van der Waals surface area contributed by atoms with Crippen molar-refractivity contribution in [2.45, 2.75) is 11.4 Å². The van der Waals surface area contributed by atoms with E-state index in [1.807, 2.05) is 0 Å². The Hall–Kier alpha value is 1.68. The topological polar surface area (TPSA) is 69.1 Å². The molecule has 0 saturated heterocycles. The second kappa shape index (κ2) is 16.3. The first-order valence-electron chi connectivity index (χ1n) is 1.77.